The monoisotopic (exact) mass is 337 g/mol. The second kappa shape index (κ2) is 12.7. The number of hydrogen-bond donors (Lipinski definition) is 0. The van der Waals surface area contributed by atoms with Crippen molar-refractivity contribution in [2.45, 2.75) is 84.0 Å². The molecule has 0 unspecified atom stereocenters. The highest BCUT2D eigenvalue weighted by Gasteiger charge is 2.00. The predicted octanol–water partition coefficient (Wildman–Crippen LogP) is 7.14. The molecule has 0 fully saturated rings. The third-order valence-corrected chi connectivity index (χ3v) is 4.93. The molecule has 0 N–H and O–H groups in total. The second-order valence-corrected chi connectivity index (χ2v) is 7.25. The zero-order valence-electron chi connectivity index (χ0n) is 16.1. The Kier molecular flexibility index (Phi) is 10.00. The number of benzene rings is 1. The normalized spacial score (nSPS) is 10.9. The number of unbranched alkanes of at least 4 members (excludes halogenated alkanes) is 9. The summed E-state index contributed by atoms with van der Waals surface area (Å²) in [5, 5.41) is 0. The Hall–Kier alpha value is -1.63. The van der Waals surface area contributed by atoms with E-state index in [4.69, 9.17) is 0 Å². The van der Waals surface area contributed by atoms with Crippen molar-refractivity contribution in [3.63, 3.8) is 0 Å². The zero-order valence-corrected chi connectivity index (χ0v) is 16.1. The topological polar surface area (TPSA) is 12.9 Å². The van der Waals surface area contributed by atoms with Crippen LogP contribution in [0.2, 0.25) is 0 Å². The summed E-state index contributed by atoms with van der Waals surface area (Å²) in [6.45, 7) is 2.29. The molecule has 0 spiro atoms. The van der Waals surface area contributed by atoms with Gasteiger partial charge in [0.05, 0.1) is 0 Å². The maximum atomic E-state index is 4.53. The van der Waals surface area contributed by atoms with E-state index in [0.29, 0.717) is 0 Å². The molecular formula is C24H35N. The Morgan fingerprint density at radius 1 is 0.680 bits per heavy atom. The van der Waals surface area contributed by atoms with Gasteiger partial charge in [0.25, 0.3) is 0 Å². The molecule has 1 heteroatoms. The lowest BCUT2D eigenvalue weighted by molar-refractivity contribution is 0.556. The van der Waals surface area contributed by atoms with Gasteiger partial charge in [0.1, 0.15) is 0 Å². The van der Waals surface area contributed by atoms with E-state index in [2.05, 4.69) is 54.4 Å². The smallest absolute Gasteiger partial charge is 0.0450 e. The highest BCUT2D eigenvalue weighted by atomic mass is 14.7. The molecule has 0 radical (unpaired) electrons. The fourth-order valence-corrected chi connectivity index (χ4v) is 3.40. The van der Waals surface area contributed by atoms with Crippen molar-refractivity contribution in [2.75, 3.05) is 0 Å². The molecular weight excluding hydrogens is 302 g/mol. The number of rotatable bonds is 13. The summed E-state index contributed by atoms with van der Waals surface area (Å²) in [6, 6.07) is 15.1. The molecule has 25 heavy (non-hydrogen) atoms. The van der Waals surface area contributed by atoms with Gasteiger partial charge in [0.2, 0.25) is 0 Å². The van der Waals surface area contributed by atoms with E-state index >= 15 is 0 Å². The first-order valence-corrected chi connectivity index (χ1v) is 10.4. The molecule has 0 bridgehead atoms. The van der Waals surface area contributed by atoms with Gasteiger partial charge in [-0.2, -0.15) is 0 Å². The maximum absolute atomic E-state index is 4.53. The standard InChI is InChI=1S/C24H35N/c1-2-3-4-5-6-7-8-9-10-12-17-23-18-19-25-24(21-23)20-22-15-13-11-14-16-22/h11,13-16,18-19,21H,2-10,12,17,20H2,1H3. The zero-order chi connectivity index (χ0) is 17.6. The van der Waals surface area contributed by atoms with Crippen LogP contribution in [0, 0.1) is 0 Å². The Labute approximate surface area is 154 Å². The summed E-state index contributed by atoms with van der Waals surface area (Å²) < 4.78 is 0. The Bertz CT molecular complexity index is 561. The van der Waals surface area contributed by atoms with Crippen LogP contribution in [0.3, 0.4) is 0 Å². The van der Waals surface area contributed by atoms with E-state index in [1.807, 2.05) is 6.20 Å². The van der Waals surface area contributed by atoms with Crippen LogP contribution in [0.15, 0.2) is 48.7 Å². The summed E-state index contributed by atoms with van der Waals surface area (Å²) >= 11 is 0. The average Bonchev–Trinajstić information content (AvgIpc) is 2.64. The fourth-order valence-electron chi connectivity index (χ4n) is 3.40. The number of aryl methyl sites for hydroxylation is 1. The van der Waals surface area contributed by atoms with Crippen molar-refractivity contribution in [1.29, 1.82) is 0 Å². The molecule has 0 amide bonds. The van der Waals surface area contributed by atoms with E-state index in [-0.39, 0.29) is 0 Å². The molecule has 0 atom stereocenters. The van der Waals surface area contributed by atoms with Gasteiger partial charge in [0.15, 0.2) is 0 Å². The highest BCUT2D eigenvalue weighted by Crippen LogP contribution is 2.14. The van der Waals surface area contributed by atoms with Gasteiger partial charge >= 0.3 is 0 Å². The van der Waals surface area contributed by atoms with E-state index in [0.717, 1.165) is 6.42 Å². The largest absolute Gasteiger partial charge is 0.261 e. The van der Waals surface area contributed by atoms with E-state index < -0.39 is 0 Å². The SMILES string of the molecule is CCCCCCCCCCCCc1ccnc(Cc2ccccc2)c1. The molecule has 0 aliphatic carbocycles. The molecule has 1 aromatic heterocycles. The Morgan fingerprint density at radius 2 is 1.32 bits per heavy atom. The van der Waals surface area contributed by atoms with Gasteiger partial charge in [-0.25, -0.2) is 0 Å². The van der Waals surface area contributed by atoms with Crippen LogP contribution >= 0.6 is 0 Å². The fraction of sp³-hybridized carbons (Fsp3) is 0.542. The number of aromatic nitrogens is 1. The van der Waals surface area contributed by atoms with Gasteiger partial charge in [-0.3, -0.25) is 4.98 Å². The molecule has 136 valence electrons. The first kappa shape index (κ1) is 19.7. The third-order valence-electron chi connectivity index (χ3n) is 4.93. The van der Waals surface area contributed by atoms with Crippen LogP contribution in [-0.2, 0) is 12.8 Å². The lowest BCUT2D eigenvalue weighted by atomic mass is 10.0. The molecule has 1 aromatic carbocycles. The minimum Gasteiger partial charge on any atom is -0.261 e. The van der Waals surface area contributed by atoms with Gasteiger partial charge in [-0.05, 0) is 36.1 Å². The van der Waals surface area contributed by atoms with Gasteiger partial charge in [-0.1, -0.05) is 95.0 Å². The summed E-state index contributed by atoms with van der Waals surface area (Å²) in [5.74, 6) is 0. The highest BCUT2D eigenvalue weighted by molar-refractivity contribution is 5.24. The Morgan fingerprint density at radius 3 is 2.00 bits per heavy atom. The number of pyridine rings is 1. The number of hydrogen-bond acceptors (Lipinski definition) is 1. The van der Waals surface area contributed by atoms with Crippen LogP contribution in [0.5, 0.6) is 0 Å². The van der Waals surface area contributed by atoms with Gasteiger partial charge in [-0.15, -0.1) is 0 Å². The quantitative estimate of drug-likeness (QED) is 0.354. The third kappa shape index (κ3) is 8.86. The van der Waals surface area contributed by atoms with Crippen LogP contribution in [0.4, 0.5) is 0 Å². The predicted molar refractivity (Wildman–Crippen MR) is 109 cm³/mol. The average molecular weight is 338 g/mol. The van der Waals surface area contributed by atoms with Gasteiger partial charge < -0.3 is 0 Å². The van der Waals surface area contributed by atoms with E-state index in [9.17, 15) is 0 Å². The summed E-state index contributed by atoms with van der Waals surface area (Å²) in [4.78, 5) is 4.53. The summed E-state index contributed by atoms with van der Waals surface area (Å²) in [7, 11) is 0. The van der Waals surface area contributed by atoms with Crippen molar-refractivity contribution in [1.82, 2.24) is 4.98 Å². The summed E-state index contributed by atoms with van der Waals surface area (Å²) in [6.07, 6.45) is 18.1. The lowest BCUT2D eigenvalue weighted by Gasteiger charge is -2.06. The van der Waals surface area contributed by atoms with Crippen LogP contribution in [-0.4, -0.2) is 4.98 Å². The minimum atomic E-state index is 0.937. The van der Waals surface area contributed by atoms with Crippen molar-refractivity contribution >= 4 is 0 Å². The molecule has 1 heterocycles. The minimum absolute atomic E-state index is 0.937. The van der Waals surface area contributed by atoms with Crippen LogP contribution < -0.4 is 0 Å². The summed E-state index contributed by atoms with van der Waals surface area (Å²) in [5.41, 5.74) is 3.97. The molecule has 2 aromatic rings. The van der Waals surface area contributed by atoms with E-state index in [1.165, 1.54) is 87.4 Å². The first-order valence-electron chi connectivity index (χ1n) is 10.4. The van der Waals surface area contributed by atoms with Crippen molar-refractivity contribution < 1.29 is 0 Å². The van der Waals surface area contributed by atoms with Crippen molar-refractivity contribution in [3.05, 3.63) is 65.5 Å². The van der Waals surface area contributed by atoms with Crippen LogP contribution in [0.1, 0.15) is 88.0 Å². The maximum Gasteiger partial charge on any atom is 0.0450 e. The number of nitrogens with zero attached hydrogens (tertiary/aromatic N) is 1. The van der Waals surface area contributed by atoms with Crippen LogP contribution in [0.25, 0.3) is 0 Å². The molecule has 0 saturated heterocycles. The Balaban J connectivity index is 1.58. The van der Waals surface area contributed by atoms with E-state index in [1.54, 1.807) is 0 Å². The van der Waals surface area contributed by atoms with Crippen molar-refractivity contribution in [2.24, 2.45) is 0 Å². The molecule has 0 aliphatic heterocycles. The molecule has 0 aliphatic rings. The second-order valence-electron chi connectivity index (χ2n) is 7.25. The molecule has 2 rings (SSSR count). The van der Waals surface area contributed by atoms with Crippen molar-refractivity contribution in [3.8, 4) is 0 Å². The first-order chi connectivity index (χ1) is 12.4. The van der Waals surface area contributed by atoms with Gasteiger partial charge in [0, 0.05) is 18.3 Å². The molecule has 1 nitrogen and oxygen atoms in total. The molecule has 0 saturated carbocycles. The lowest BCUT2D eigenvalue weighted by Crippen LogP contribution is -1.95.